The third-order valence-corrected chi connectivity index (χ3v) is 2.52. The van der Waals surface area contributed by atoms with Gasteiger partial charge in [0.05, 0.1) is 5.69 Å². The zero-order valence-corrected chi connectivity index (χ0v) is 10.9. The second-order valence-electron chi connectivity index (χ2n) is 4.54. The van der Waals surface area contributed by atoms with E-state index in [-0.39, 0.29) is 5.69 Å². The average Bonchev–Trinajstić information content (AvgIpc) is 2.26. The molecule has 0 heterocycles. The van der Waals surface area contributed by atoms with Gasteiger partial charge in [-0.3, -0.25) is 4.79 Å². The number of halogens is 1. The molecule has 3 amide bonds. The zero-order valence-electron chi connectivity index (χ0n) is 10.9. The van der Waals surface area contributed by atoms with E-state index >= 15 is 0 Å². The minimum Gasteiger partial charge on any atom is -0.478 e. The largest absolute Gasteiger partial charge is 0.478 e. The van der Waals surface area contributed by atoms with Crippen LogP contribution < -0.4 is 16.4 Å². The van der Waals surface area contributed by atoms with Crippen molar-refractivity contribution in [2.24, 2.45) is 5.73 Å². The molecular formula is C12H14FN3O4. The number of carbonyl (C=O) groups excluding carboxylic acids is 2. The maximum absolute atomic E-state index is 13.4. The fraction of sp³-hybridized carbons (Fsp3) is 0.250. The van der Waals surface area contributed by atoms with Crippen LogP contribution in [0.4, 0.5) is 14.9 Å². The number of amides is 3. The highest BCUT2D eigenvalue weighted by Gasteiger charge is 2.27. The lowest BCUT2D eigenvalue weighted by Gasteiger charge is -2.22. The van der Waals surface area contributed by atoms with Gasteiger partial charge in [-0.25, -0.2) is 14.0 Å². The minimum absolute atomic E-state index is 0.227. The first-order valence-electron chi connectivity index (χ1n) is 5.56. The summed E-state index contributed by atoms with van der Waals surface area (Å²) in [6.45, 7) is 2.75. The lowest BCUT2D eigenvalue weighted by molar-refractivity contribution is -0.122. The number of benzene rings is 1. The van der Waals surface area contributed by atoms with E-state index < -0.39 is 34.8 Å². The number of hydrogen-bond donors (Lipinski definition) is 4. The van der Waals surface area contributed by atoms with E-state index in [0.29, 0.717) is 0 Å². The summed E-state index contributed by atoms with van der Waals surface area (Å²) in [7, 11) is 0. The van der Waals surface area contributed by atoms with Crippen molar-refractivity contribution in [1.29, 1.82) is 0 Å². The molecule has 108 valence electrons. The lowest BCUT2D eigenvalue weighted by Crippen LogP contribution is -2.54. The third kappa shape index (κ3) is 3.44. The van der Waals surface area contributed by atoms with Crippen LogP contribution in [0.5, 0.6) is 0 Å². The van der Waals surface area contributed by atoms with Gasteiger partial charge in [-0.05, 0) is 26.0 Å². The van der Waals surface area contributed by atoms with Gasteiger partial charge < -0.3 is 21.5 Å². The highest BCUT2D eigenvalue weighted by molar-refractivity contribution is 6.01. The van der Waals surface area contributed by atoms with Crippen LogP contribution in [0, 0.1) is 5.82 Å². The molecule has 0 aromatic heterocycles. The molecule has 0 saturated heterocycles. The average molecular weight is 283 g/mol. The maximum Gasteiger partial charge on any atom is 0.340 e. The summed E-state index contributed by atoms with van der Waals surface area (Å²) in [5.74, 6) is -3.28. The molecular weight excluding hydrogens is 269 g/mol. The highest BCUT2D eigenvalue weighted by atomic mass is 19.1. The molecule has 0 atom stereocenters. The van der Waals surface area contributed by atoms with Crippen LogP contribution in [-0.2, 0) is 4.79 Å². The van der Waals surface area contributed by atoms with E-state index in [4.69, 9.17) is 10.8 Å². The highest BCUT2D eigenvalue weighted by Crippen LogP contribution is 2.19. The van der Waals surface area contributed by atoms with Gasteiger partial charge >= 0.3 is 12.0 Å². The normalized spacial score (nSPS) is 10.8. The number of carbonyl (C=O) groups is 3. The molecule has 5 N–H and O–H groups in total. The molecule has 0 aliphatic heterocycles. The van der Waals surface area contributed by atoms with E-state index in [1.165, 1.54) is 26.0 Å². The van der Waals surface area contributed by atoms with E-state index in [0.717, 1.165) is 6.07 Å². The van der Waals surface area contributed by atoms with Gasteiger partial charge in [-0.1, -0.05) is 6.07 Å². The van der Waals surface area contributed by atoms with Gasteiger partial charge in [-0.2, -0.15) is 0 Å². The predicted molar refractivity (Wildman–Crippen MR) is 68.8 cm³/mol. The standard InChI is InChI=1S/C12H14FN3O4/c1-12(2,10(14)19)16-11(20)15-7-5-3-4-6(13)8(7)9(17)18/h3-5H,1-2H3,(H2,14,19)(H,17,18)(H2,15,16,20). The first-order chi connectivity index (χ1) is 9.15. The maximum atomic E-state index is 13.4. The van der Waals surface area contributed by atoms with Crippen molar-refractivity contribution in [1.82, 2.24) is 5.32 Å². The SMILES string of the molecule is CC(C)(NC(=O)Nc1cccc(F)c1C(=O)O)C(N)=O. The summed E-state index contributed by atoms with van der Waals surface area (Å²) in [4.78, 5) is 33.7. The van der Waals surface area contributed by atoms with E-state index in [1.807, 2.05) is 0 Å². The third-order valence-electron chi connectivity index (χ3n) is 2.52. The van der Waals surface area contributed by atoms with Crippen LogP contribution in [0.3, 0.4) is 0 Å². The Hall–Kier alpha value is -2.64. The number of anilines is 1. The molecule has 0 saturated carbocycles. The molecule has 0 bridgehead atoms. The molecule has 8 heteroatoms. The smallest absolute Gasteiger partial charge is 0.340 e. The van der Waals surface area contributed by atoms with E-state index in [9.17, 15) is 18.8 Å². The molecule has 0 radical (unpaired) electrons. The summed E-state index contributed by atoms with van der Waals surface area (Å²) in [5, 5.41) is 13.3. The molecule has 0 fully saturated rings. The molecule has 20 heavy (non-hydrogen) atoms. The molecule has 7 nitrogen and oxygen atoms in total. The zero-order chi connectivity index (χ0) is 15.5. The number of nitrogens with one attached hydrogen (secondary N) is 2. The lowest BCUT2D eigenvalue weighted by atomic mass is 10.1. The Labute approximate surface area is 114 Å². The number of nitrogens with two attached hydrogens (primary N) is 1. The fourth-order valence-electron chi connectivity index (χ4n) is 1.34. The molecule has 0 unspecified atom stereocenters. The Morgan fingerprint density at radius 3 is 2.40 bits per heavy atom. The second kappa shape index (κ2) is 5.55. The van der Waals surface area contributed by atoms with Gasteiger partial charge in [0.25, 0.3) is 0 Å². The molecule has 1 rings (SSSR count). The molecule has 1 aromatic carbocycles. The van der Waals surface area contributed by atoms with Crippen molar-refractivity contribution in [3.63, 3.8) is 0 Å². The summed E-state index contributed by atoms with van der Waals surface area (Å²) < 4.78 is 13.4. The van der Waals surface area contributed by atoms with Gasteiger partial charge in [0.15, 0.2) is 0 Å². The number of rotatable bonds is 4. The van der Waals surface area contributed by atoms with E-state index in [2.05, 4.69) is 10.6 Å². The Morgan fingerprint density at radius 1 is 1.30 bits per heavy atom. The van der Waals surface area contributed by atoms with Crippen molar-refractivity contribution in [2.75, 3.05) is 5.32 Å². The van der Waals surface area contributed by atoms with E-state index in [1.54, 1.807) is 0 Å². The Bertz CT molecular complexity index is 572. The number of carboxylic acid groups (broad SMARTS) is 1. The summed E-state index contributed by atoms with van der Waals surface area (Å²) >= 11 is 0. The van der Waals surface area contributed by atoms with Crippen LogP contribution in [0.25, 0.3) is 0 Å². The van der Waals surface area contributed by atoms with Gasteiger partial charge in [0, 0.05) is 0 Å². The second-order valence-corrected chi connectivity index (χ2v) is 4.54. The van der Waals surface area contributed by atoms with Crippen LogP contribution in [-0.4, -0.2) is 28.6 Å². The summed E-state index contributed by atoms with van der Waals surface area (Å²) in [6, 6.07) is 2.56. The van der Waals surface area contributed by atoms with Crippen molar-refractivity contribution >= 4 is 23.6 Å². The quantitative estimate of drug-likeness (QED) is 0.656. The number of primary amides is 1. The molecule has 0 spiro atoms. The topological polar surface area (TPSA) is 122 Å². The number of urea groups is 1. The van der Waals surface area contributed by atoms with Crippen LogP contribution in [0.1, 0.15) is 24.2 Å². The van der Waals surface area contributed by atoms with Crippen molar-refractivity contribution in [3.8, 4) is 0 Å². The first-order valence-corrected chi connectivity index (χ1v) is 5.56. The summed E-state index contributed by atoms with van der Waals surface area (Å²) in [6.07, 6.45) is 0. The van der Waals surface area contributed by atoms with Gasteiger partial charge in [0.1, 0.15) is 16.9 Å². The Morgan fingerprint density at radius 2 is 1.90 bits per heavy atom. The number of carboxylic acids is 1. The monoisotopic (exact) mass is 283 g/mol. The molecule has 0 aliphatic carbocycles. The first kappa shape index (κ1) is 15.4. The minimum atomic E-state index is -1.52. The number of aromatic carboxylic acids is 1. The fourth-order valence-corrected chi connectivity index (χ4v) is 1.34. The van der Waals surface area contributed by atoms with Gasteiger partial charge in [-0.15, -0.1) is 0 Å². The van der Waals surface area contributed by atoms with Crippen molar-refractivity contribution in [3.05, 3.63) is 29.6 Å². The summed E-state index contributed by atoms with van der Waals surface area (Å²) in [5.41, 5.74) is 2.85. The van der Waals surface area contributed by atoms with Crippen molar-refractivity contribution < 1.29 is 23.9 Å². The molecule has 1 aromatic rings. The predicted octanol–water partition coefficient (Wildman–Crippen LogP) is 0.909. The van der Waals surface area contributed by atoms with Gasteiger partial charge in [0.2, 0.25) is 5.91 Å². The Kier molecular flexibility index (Phi) is 4.28. The van der Waals surface area contributed by atoms with Crippen LogP contribution in [0.15, 0.2) is 18.2 Å². The molecule has 0 aliphatic rings. The van der Waals surface area contributed by atoms with Crippen LogP contribution in [0.2, 0.25) is 0 Å². The number of hydrogen-bond acceptors (Lipinski definition) is 3. The van der Waals surface area contributed by atoms with Crippen molar-refractivity contribution in [2.45, 2.75) is 19.4 Å². The van der Waals surface area contributed by atoms with Crippen LogP contribution >= 0.6 is 0 Å². The Balaban J connectivity index is 2.95.